The highest BCUT2D eigenvalue weighted by atomic mass is 16.6. The maximum absolute atomic E-state index is 11.0. The molecule has 8 heteroatoms. The third-order valence-electron chi connectivity index (χ3n) is 3.49. The first-order valence-corrected chi connectivity index (χ1v) is 7.76. The fraction of sp³-hybridized carbons (Fsp3) is 0.294. The molecule has 2 aromatic rings. The lowest BCUT2D eigenvalue weighted by molar-refractivity contribution is -0.385. The van der Waals surface area contributed by atoms with E-state index in [2.05, 4.69) is 0 Å². The summed E-state index contributed by atoms with van der Waals surface area (Å²) in [5, 5.41) is 22.1. The normalized spacial score (nSPS) is 10.3. The van der Waals surface area contributed by atoms with Crippen LogP contribution in [0.15, 0.2) is 36.4 Å². The van der Waals surface area contributed by atoms with E-state index in [0.717, 1.165) is 0 Å². The molecule has 0 aliphatic carbocycles. The highest BCUT2D eigenvalue weighted by Crippen LogP contribution is 2.31. The molecule has 2 aromatic carbocycles. The Bertz CT molecular complexity index is 725. The Labute approximate surface area is 144 Å². The van der Waals surface area contributed by atoms with Crippen molar-refractivity contribution in [2.75, 3.05) is 13.2 Å². The summed E-state index contributed by atoms with van der Waals surface area (Å²) < 4.78 is 11.0. The summed E-state index contributed by atoms with van der Waals surface area (Å²) in [7, 11) is 0. The number of hydrogen-bond acceptors (Lipinski definition) is 6. The Morgan fingerprint density at radius 3 is 1.52 bits per heavy atom. The molecule has 25 heavy (non-hydrogen) atoms. The molecule has 0 saturated heterocycles. The first kappa shape index (κ1) is 18.2. The zero-order chi connectivity index (χ0) is 18.4. The van der Waals surface area contributed by atoms with E-state index < -0.39 is 9.85 Å². The number of nitro groups is 2. The molecule has 0 aliphatic rings. The van der Waals surface area contributed by atoms with Crippen LogP contribution in [0.2, 0.25) is 0 Å². The van der Waals surface area contributed by atoms with Gasteiger partial charge in [-0.15, -0.1) is 0 Å². The Balaban J connectivity index is 2.49. The molecule has 0 spiro atoms. The molecule has 0 unspecified atom stereocenters. The lowest BCUT2D eigenvalue weighted by Gasteiger charge is -2.13. The fourth-order valence-electron chi connectivity index (χ4n) is 2.43. The van der Waals surface area contributed by atoms with E-state index >= 15 is 0 Å². The van der Waals surface area contributed by atoms with Gasteiger partial charge in [0.15, 0.2) is 0 Å². The molecular weight excluding hydrogens is 328 g/mol. The van der Waals surface area contributed by atoms with E-state index in [4.69, 9.17) is 9.47 Å². The number of non-ortho nitro benzene ring substituents is 2. The summed E-state index contributed by atoms with van der Waals surface area (Å²) in [4.78, 5) is 21.1. The van der Waals surface area contributed by atoms with Crippen LogP contribution in [0.1, 0.15) is 25.0 Å². The van der Waals surface area contributed by atoms with Gasteiger partial charge in [0.05, 0.1) is 23.1 Å². The Morgan fingerprint density at radius 2 is 1.20 bits per heavy atom. The van der Waals surface area contributed by atoms with Crippen LogP contribution in [0.25, 0.3) is 0 Å². The van der Waals surface area contributed by atoms with Gasteiger partial charge in [0.1, 0.15) is 11.5 Å². The number of benzene rings is 2. The van der Waals surface area contributed by atoms with Crippen LogP contribution in [0.5, 0.6) is 11.5 Å². The molecule has 0 aliphatic heterocycles. The van der Waals surface area contributed by atoms with Gasteiger partial charge in [-0.3, -0.25) is 20.2 Å². The minimum Gasteiger partial charge on any atom is -0.494 e. The molecule has 0 atom stereocenters. The van der Waals surface area contributed by atoms with Crippen LogP contribution in [0.3, 0.4) is 0 Å². The van der Waals surface area contributed by atoms with Gasteiger partial charge in [-0.05, 0) is 26.0 Å². The van der Waals surface area contributed by atoms with Crippen LogP contribution in [0.4, 0.5) is 11.4 Å². The molecule has 0 radical (unpaired) electrons. The summed E-state index contributed by atoms with van der Waals surface area (Å²) in [6.45, 7) is 4.42. The number of hydrogen-bond donors (Lipinski definition) is 0. The van der Waals surface area contributed by atoms with Crippen molar-refractivity contribution in [3.8, 4) is 11.5 Å². The number of rotatable bonds is 8. The Kier molecular flexibility index (Phi) is 5.89. The van der Waals surface area contributed by atoms with E-state index in [1.54, 1.807) is 0 Å². The summed E-state index contributed by atoms with van der Waals surface area (Å²) in [6, 6.07) is 8.64. The topological polar surface area (TPSA) is 105 Å². The minimum absolute atomic E-state index is 0.0677. The third kappa shape index (κ3) is 4.43. The van der Waals surface area contributed by atoms with Crippen LogP contribution in [-0.4, -0.2) is 23.1 Å². The summed E-state index contributed by atoms with van der Waals surface area (Å²) in [6.07, 6.45) is 0.216. The van der Waals surface area contributed by atoms with Crippen molar-refractivity contribution in [2.24, 2.45) is 0 Å². The van der Waals surface area contributed by atoms with Crippen molar-refractivity contribution in [1.29, 1.82) is 0 Å². The molecule has 2 rings (SSSR count). The maximum Gasteiger partial charge on any atom is 0.269 e. The molecule has 0 saturated carbocycles. The van der Waals surface area contributed by atoms with E-state index in [0.29, 0.717) is 35.8 Å². The van der Waals surface area contributed by atoms with Crippen molar-refractivity contribution in [2.45, 2.75) is 20.3 Å². The predicted molar refractivity (Wildman–Crippen MR) is 91.3 cm³/mol. The van der Waals surface area contributed by atoms with Gasteiger partial charge in [0, 0.05) is 41.8 Å². The van der Waals surface area contributed by atoms with Gasteiger partial charge in [-0.1, -0.05) is 0 Å². The predicted octanol–water partition coefficient (Wildman–Crippen LogP) is 3.89. The number of nitro benzene ring substituents is 2. The summed E-state index contributed by atoms with van der Waals surface area (Å²) in [5.41, 5.74) is 0.999. The molecule has 0 fully saturated rings. The lowest BCUT2D eigenvalue weighted by atomic mass is 10.0. The second-order valence-electron chi connectivity index (χ2n) is 5.14. The second-order valence-corrected chi connectivity index (χ2v) is 5.14. The van der Waals surface area contributed by atoms with Crippen LogP contribution in [0, 0.1) is 20.2 Å². The average Bonchev–Trinajstić information content (AvgIpc) is 2.58. The first-order valence-electron chi connectivity index (χ1n) is 7.76. The van der Waals surface area contributed by atoms with Gasteiger partial charge >= 0.3 is 0 Å². The van der Waals surface area contributed by atoms with Crippen molar-refractivity contribution < 1.29 is 19.3 Å². The molecule has 0 heterocycles. The average molecular weight is 346 g/mol. The van der Waals surface area contributed by atoms with Crippen molar-refractivity contribution in [1.82, 2.24) is 0 Å². The monoisotopic (exact) mass is 346 g/mol. The van der Waals surface area contributed by atoms with E-state index in [1.807, 2.05) is 13.8 Å². The highest BCUT2D eigenvalue weighted by molar-refractivity contribution is 5.50. The van der Waals surface area contributed by atoms with Crippen molar-refractivity contribution in [3.05, 3.63) is 67.8 Å². The SMILES string of the molecule is CCOc1ccc([N+](=O)[O-])cc1Cc1cc([N+](=O)[O-])ccc1OCC. The fourth-order valence-corrected chi connectivity index (χ4v) is 2.43. The van der Waals surface area contributed by atoms with Gasteiger partial charge in [-0.25, -0.2) is 0 Å². The lowest BCUT2D eigenvalue weighted by Crippen LogP contribution is -2.02. The van der Waals surface area contributed by atoms with Crippen molar-refractivity contribution in [3.63, 3.8) is 0 Å². The van der Waals surface area contributed by atoms with Gasteiger partial charge < -0.3 is 9.47 Å². The Morgan fingerprint density at radius 1 is 0.800 bits per heavy atom. The molecule has 0 amide bonds. The third-order valence-corrected chi connectivity index (χ3v) is 3.49. The second kappa shape index (κ2) is 8.09. The maximum atomic E-state index is 11.0. The minimum atomic E-state index is -0.490. The summed E-state index contributed by atoms with van der Waals surface area (Å²) >= 11 is 0. The van der Waals surface area contributed by atoms with E-state index in [9.17, 15) is 20.2 Å². The number of ether oxygens (including phenoxy) is 2. The smallest absolute Gasteiger partial charge is 0.269 e. The van der Waals surface area contributed by atoms with Gasteiger partial charge in [0.2, 0.25) is 0 Å². The summed E-state index contributed by atoms with van der Waals surface area (Å²) in [5.74, 6) is 1.00. The molecule has 0 aromatic heterocycles. The van der Waals surface area contributed by atoms with Crippen LogP contribution >= 0.6 is 0 Å². The molecule has 132 valence electrons. The Hall–Kier alpha value is -3.16. The quantitative estimate of drug-likeness (QED) is 0.530. The van der Waals surface area contributed by atoms with Gasteiger partial charge in [-0.2, -0.15) is 0 Å². The van der Waals surface area contributed by atoms with Crippen LogP contribution in [-0.2, 0) is 6.42 Å². The molecule has 8 nitrogen and oxygen atoms in total. The first-order chi connectivity index (χ1) is 12.0. The highest BCUT2D eigenvalue weighted by Gasteiger charge is 2.17. The zero-order valence-corrected chi connectivity index (χ0v) is 13.9. The number of nitrogens with zero attached hydrogens (tertiary/aromatic N) is 2. The van der Waals surface area contributed by atoms with E-state index in [1.165, 1.54) is 36.4 Å². The largest absolute Gasteiger partial charge is 0.494 e. The molecular formula is C17H18N2O6. The van der Waals surface area contributed by atoms with E-state index in [-0.39, 0.29) is 17.8 Å². The standard InChI is InChI=1S/C17H18N2O6/c1-3-24-16-7-5-14(18(20)21)10-12(16)9-13-11-15(19(22)23)6-8-17(13)25-4-2/h5-8,10-11H,3-4,9H2,1-2H3. The van der Waals surface area contributed by atoms with Crippen LogP contribution < -0.4 is 9.47 Å². The van der Waals surface area contributed by atoms with Crippen molar-refractivity contribution >= 4 is 11.4 Å². The zero-order valence-electron chi connectivity index (χ0n) is 13.9. The molecule has 0 bridgehead atoms. The van der Waals surface area contributed by atoms with Gasteiger partial charge in [0.25, 0.3) is 11.4 Å². The molecule has 0 N–H and O–H groups in total.